The highest BCUT2D eigenvalue weighted by molar-refractivity contribution is 7.93. The van der Waals surface area contributed by atoms with Gasteiger partial charge in [-0.3, -0.25) is 15.5 Å². The number of nitrogens with one attached hydrogen (secondary N) is 2. The van der Waals surface area contributed by atoms with E-state index >= 15 is 0 Å². The first kappa shape index (κ1) is 15.8. The highest BCUT2D eigenvalue weighted by Gasteiger charge is 2.21. The van der Waals surface area contributed by atoms with E-state index in [0.29, 0.717) is 5.56 Å². The van der Waals surface area contributed by atoms with Crippen LogP contribution in [0.15, 0.2) is 35.5 Å². The monoisotopic (exact) mass is 346 g/mol. The first-order chi connectivity index (χ1) is 9.86. The summed E-state index contributed by atoms with van der Waals surface area (Å²) in [4.78, 5) is 3.67. The highest BCUT2D eigenvalue weighted by atomic mass is 35.5. The van der Waals surface area contributed by atoms with Crippen molar-refractivity contribution in [1.29, 1.82) is 0 Å². The molecule has 0 radical (unpaired) electrons. The molecule has 9 heteroatoms. The molecule has 0 atom stereocenters. The Morgan fingerprint density at radius 2 is 1.95 bits per heavy atom. The van der Waals surface area contributed by atoms with Crippen LogP contribution in [-0.4, -0.2) is 13.4 Å². The first-order valence-electron chi connectivity index (χ1n) is 5.75. The van der Waals surface area contributed by atoms with E-state index in [2.05, 4.69) is 15.1 Å². The number of nitrogens with zero attached hydrogens (tertiary/aromatic N) is 1. The molecule has 1 aromatic carbocycles. The molecule has 21 heavy (non-hydrogen) atoms. The van der Waals surface area contributed by atoms with Crippen molar-refractivity contribution in [2.45, 2.75) is 11.8 Å². The fraction of sp³-hybridized carbons (Fsp3) is 0.0833. The lowest BCUT2D eigenvalue weighted by atomic mass is 10.2. The van der Waals surface area contributed by atoms with E-state index in [-0.39, 0.29) is 26.3 Å². The number of benzene rings is 1. The third kappa shape index (κ3) is 3.21. The van der Waals surface area contributed by atoms with Crippen molar-refractivity contribution in [3.63, 3.8) is 0 Å². The number of rotatable bonds is 4. The molecule has 6 nitrogen and oxygen atoms in total. The summed E-state index contributed by atoms with van der Waals surface area (Å²) in [6.07, 6.45) is 2.59. The number of anilines is 2. The average molecular weight is 347 g/mol. The fourth-order valence-electron chi connectivity index (χ4n) is 1.65. The van der Waals surface area contributed by atoms with Crippen LogP contribution < -0.4 is 16.0 Å². The molecule has 0 saturated heterocycles. The van der Waals surface area contributed by atoms with Crippen molar-refractivity contribution in [3.05, 3.63) is 46.2 Å². The molecule has 0 aliphatic carbocycles. The minimum absolute atomic E-state index is 0.110. The van der Waals surface area contributed by atoms with Gasteiger partial charge in [-0.15, -0.1) is 0 Å². The van der Waals surface area contributed by atoms with E-state index in [1.807, 2.05) is 0 Å². The summed E-state index contributed by atoms with van der Waals surface area (Å²) < 4.78 is 27.2. The van der Waals surface area contributed by atoms with E-state index in [1.54, 1.807) is 19.1 Å². The lowest BCUT2D eigenvalue weighted by molar-refractivity contribution is 0.601. The summed E-state index contributed by atoms with van der Waals surface area (Å²) in [5.74, 6) is 5.30. The number of aryl methyl sites for hydroxylation is 1. The minimum Gasteiger partial charge on any atom is -0.323 e. The van der Waals surface area contributed by atoms with Crippen LogP contribution in [0.3, 0.4) is 0 Å². The van der Waals surface area contributed by atoms with Gasteiger partial charge in [0.15, 0.2) is 0 Å². The average Bonchev–Trinajstić information content (AvgIpc) is 2.47. The Labute approximate surface area is 132 Å². The fourth-order valence-corrected chi connectivity index (χ4v) is 3.44. The van der Waals surface area contributed by atoms with Crippen molar-refractivity contribution in [2.24, 2.45) is 5.84 Å². The lowest BCUT2D eigenvalue weighted by Gasteiger charge is -2.14. The third-order valence-corrected chi connectivity index (χ3v) is 4.93. The van der Waals surface area contributed by atoms with Gasteiger partial charge in [-0.2, -0.15) is 0 Å². The van der Waals surface area contributed by atoms with Crippen molar-refractivity contribution in [1.82, 2.24) is 4.98 Å². The van der Waals surface area contributed by atoms with Gasteiger partial charge in [0.05, 0.1) is 21.4 Å². The maximum absolute atomic E-state index is 12.4. The smallest absolute Gasteiger partial charge is 0.265 e. The Morgan fingerprint density at radius 1 is 1.24 bits per heavy atom. The molecule has 0 unspecified atom stereocenters. The van der Waals surface area contributed by atoms with Crippen LogP contribution in [0, 0.1) is 6.92 Å². The molecule has 0 bridgehead atoms. The Kier molecular flexibility index (Phi) is 4.58. The molecular weight excluding hydrogens is 335 g/mol. The summed E-state index contributed by atoms with van der Waals surface area (Å²) in [6.45, 7) is 1.74. The van der Waals surface area contributed by atoms with Crippen LogP contribution in [0.25, 0.3) is 0 Å². The highest BCUT2D eigenvalue weighted by Crippen LogP contribution is 2.35. The van der Waals surface area contributed by atoms with Gasteiger partial charge in [0.1, 0.15) is 4.90 Å². The van der Waals surface area contributed by atoms with E-state index in [0.717, 1.165) is 0 Å². The zero-order valence-electron chi connectivity index (χ0n) is 10.9. The molecule has 0 aliphatic rings. The molecule has 112 valence electrons. The number of nitrogen functional groups attached to an aromatic ring is 1. The second-order valence-electron chi connectivity index (χ2n) is 4.17. The summed E-state index contributed by atoms with van der Waals surface area (Å²) in [5.41, 5.74) is 3.32. The maximum atomic E-state index is 12.4. The third-order valence-electron chi connectivity index (χ3n) is 2.75. The molecular formula is C12H12Cl2N4O2S. The van der Waals surface area contributed by atoms with Crippen molar-refractivity contribution >= 4 is 44.6 Å². The molecule has 0 amide bonds. The number of pyridine rings is 1. The summed E-state index contributed by atoms with van der Waals surface area (Å²) in [7, 11) is -3.94. The Morgan fingerprint density at radius 3 is 2.62 bits per heavy atom. The van der Waals surface area contributed by atoms with Crippen LogP contribution in [0.5, 0.6) is 0 Å². The summed E-state index contributed by atoms with van der Waals surface area (Å²) >= 11 is 12.1. The van der Waals surface area contributed by atoms with Crippen LogP contribution in [-0.2, 0) is 10.0 Å². The number of hydrazine groups is 1. The number of nitrogens with two attached hydrogens (primary N) is 1. The summed E-state index contributed by atoms with van der Waals surface area (Å²) in [5, 5.41) is 0.428. The largest absolute Gasteiger partial charge is 0.323 e. The zero-order valence-corrected chi connectivity index (χ0v) is 13.2. The Hall–Kier alpha value is -1.54. The quantitative estimate of drug-likeness (QED) is 0.584. The molecule has 2 rings (SSSR count). The standard InChI is InChI=1S/C12H12Cl2N4O2S/c1-7-2-3-8(13)12(11(7)14)18-21(19,20)10-6-16-5-4-9(10)17-15/h2-6,18H,15H2,1H3,(H,16,17). The lowest BCUT2D eigenvalue weighted by Crippen LogP contribution is -2.18. The van der Waals surface area contributed by atoms with Crippen molar-refractivity contribution < 1.29 is 8.42 Å². The molecule has 4 N–H and O–H groups in total. The van der Waals surface area contributed by atoms with Gasteiger partial charge in [0.2, 0.25) is 0 Å². The van der Waals surface area contributed by atoms with E-state index in [1.165, 1.54) is 18.5 Å². The van der Waals surface area contributed by atoms with Crippen LogP contribution in [0.4, 0.5) is 11.4 Å². The normalized spacial score (nSPS) is 11.2. The van der Waals surface area contributed by atoms with Crippen molar-refractivity contribution in [2.75, 3.05) is 10.1 Å². The number of halogens is 2. The topological polar surface area (TPSA) is 97.1 Å². The SMILES string of the molecule is Cc1ccc(Cl)c(NS(=O)(=O)c2cnccc2NN)c1Cl. The van der Waals surface area contributed by atoms with Gasteiger partial charge >= 0.3 is 0 Å². The van der Waals surface area contributed by atoms with Gasteiger partial charge in [-0.1, -0.05) is 29.3 Å². The van der Waals surface area contributed by atoms with Crippen LogP contribution >= 0.6 is 23.2 Å². The Balaban J connectivity index is 2.50. The number of aromatic nitrogens is 1. The number of hydrogen-bond acceptors (Lipinski definition) is 5. The zero-order chi connectivity index (χ0) is 15.6. The number of hydrogen-bond donors (Lipinski definition) is 3. The predicted molar refractivity (Wildman–Crippen MR) is 84.1 cm³/mol. The van der Waals surface area contributed by atoms with Gasteiger partial charge in [0.25, 0.3) is 10.0 Å². The molecule has 0 spiro atoms. The molecule has 0 aliphatic heterocycles. The van der Waals surface area contributed by atoms with Gasteiger partial charge in [-0.25, -0.2) is 8.42 Å². The van der Waals surface area contributed by atoms with Gasteiger partial charge in [-0.05, 0) is 24.6 Å². The second kappa shape index (κ2) is 6.07. The van der Waals surface area contributed by atoms with Crippen LogP contribution in [0.2, 0.25) is 10.0 Å². The van der Waals surface area contributed by atoms with E-state index in [9.17, 15) is 8.42 Å². The molecule has 1 heterocycles. The van der Waals surface area contributed by atoms with Gasteiger partial charge in [0, 0.05) is 12.4 Å². The van der Waals surface area contributed by atoms with E-state index in [4.69, 9.17) is 29.0 Å². The molecule has 0 saturated carbocycles. The van der Waals surface area contributed by atoms with Crippen LogP contribution in [0.1, 0.15) is 5.56 Å². The summed E-state index contributed by atoms with van der Waals surface area (Å²) in [6, 6.07) is 4.69. The first-order valence-corrected chi connectivity index (χ1v) is 7.99. The minimum atomic E-state index is -3.94. The number of sulfonamides is 1. The van der Waals surface area contributed by atoms with Gasteiger partial charge < -0.3 is 5.43 Å². The van der Waals surface area contributed by atoms with Crippen molar-refractivity contribution in [3.8, 4) is 0 Å². The Bertz CT molecular complexity index is 781. The molecule has 0 fully saturated rings. The molecule has 1 aromatic heterocycles. The molecule has 2 aromatic rings. The van der Waals surface area contributed by atoms with E-state index < -0.39 is 10.0 Å². The second-order valence-corrected chi connectivity index (χ2v) is 6.61. The maximum Gasteiger partial charge on any atom is 0.265 e. The predicted octanol–water partition coefficient (Wildman–Crippen LogP) is 2.78.